The molecule has 3 aromatic rings. The van der Waals surface area contributed by atoms with Gasteiger partial charge in [0, 0.05) is 10.7 Å². The Morgan fingerprint density at radius 2 is 1.38 bits per heavy atom. The second-order valence-corrected chi connectivity index (χ2v) is 8.73. The number of aryl methyl sites for hydroxylation is 4. The van der Waals surface area contributed by atoms with Crippen molar-refractivity contribution in [2.75, 3.05) is 5.32 Å². The zero-order chi connectivity index (χ0) is 23.0. The maximum absolute atomic E-state index is 13.5. The van der Waals surface area contributed by atoms with E-state index in [0.717, 1.165) is 39.1 Å². The molecule has 1 aliphatic rings. The molecule has 5 heteroatoms. The van der Waals surface area contributed by atoms with Crippen LogP contribution in [-0.2, 0) is 16.1 Å². The fourth-order valence-electron chi connectivity index (χ4n) is 3.74. The van der Waals surface area contributed by atoms with Crippen LogP contribution in [0.5, 0.6) is 0 Å². The quantitative estimate of drug-likeness (QED) is 0.493. The first-order chi connectivity index (χ1) is 15.2. The number of nitrogens with zero attached hydrogens (tertiary/aromatic N) is 1. The molecule has 0 bridgehead atoms. The number of anilines is 1. The summed E-state index contributed by atoms with van der Waals surface area (Å²) in [5.41, 5.74) is 7.51. The molecule has 0 radical (unpaired) electrons. The molecule has 1 heterocycles. The average Bonchev–Trinajstić information content (AvgIpc) is 2.98. The van der Waals surface area contributed by atoms with Gasteiger partial charge in [-0.25, -0.2) is 0 Å². The highest BCUT2D eigenvalue weighted by Crippen LogP contribution is 2.33. The number of halogens is 1. The summed E-state index contributed by atoms with van der Waals surface area (Å²) in [6, 6.07) is 18.9. The SMILES string of the molecule is Cc1ccc(NC2=C(c3ccc(C)c(C)c3)C(=O)N(Cc3ccc(Cl)cc3)C2=O)cc1C. The molecule has 0 spiro atoms. The van der Waals surface area contributed by atoms with Gasteiger partial charge in [-0.1, -0.05) is 48.0 Å². The van der Waals surface area contributed by atoms with E-state index in [1.54, 1.807) is 12.1 Å². The van der Waals surface area contributed by atoms with Crippen LogP contribution in [0.3, 0.4) is 0 Å². The number of nitrogens with one attached hydrogen (secondary N) is 1. The van der Waals surface area contributed by atoms with Gasteiger partial charge in [0.1, 0.15) is 5.70 Å². The largest absolute Gasteiger partial charge is 0.350 e. The van der Waals surface area contributed by atoms with Crippen LogP contribution in [0.25, 0.3) is 5.57 Å². The third-order valence-corrected chi connectivity index (χ3v) is 6.25. The molecular formula is C27H25ClN2O2. The molecule has 1 N–H and O–H groups in total. The van der Waals surface area contributed by atoms with E-state index >= 15 is 0 Å². The molecule has 0 saturated carbocycles. The predicted octanol–water partition coefficient (Wildman–Crippen LogP) is 5.97. The van der Waals surface area contributed by atoms with Crippen LogP contribution in [-0.4, -0.2) is 16.7 Å². The number of carbonyl (C=O) groups excluding carboxylic acids is 2. The zero-order valence-electron chi connectivity index (χ0n) is 18.6. The van der Waals surface area contributed by atoms with E-state index in [1.807, 2.05) is 76.2 Å². The van der Waals surface area contributed by atoms with Crippen molar-refractivity contribution in [1.29, 1.82) is 0 Å². The second kappa shape index (κ2) is 8.64. The van der Waals surface area contributed by atoms with E-state index < -0.39 is 0 Å². The summed E-state index contributed by atoms with van der Waals surface area (Å²) < 4.78 is 0. The van der Waals surface area contributed by atoms with Gasteiger partial charge in [-0.3, -0.25) is 14.5 Å². The van der Waals surface area contributed by atoms with Gasteiger partial charge in [-0.2, -0.15) is 0 Å². The number of carbonyl (C=O) groups is 2. The summed E-state index contributed by atoms with van der Waals surface area (Å²) >= 11 is 5.99. The second-order valence-electron chi connectivity index (χ2n) is 8.30. The fraction of sp³-hybridized carbons (Fsp3) is 0.185. The van der Waals surface area contributed by atoms with Gasteiger partial charge < -0.3 is 5.32 Å². The number of hydrogen-bond donors (Lipinski definition) is 1. The van der Waals surface area contributed by atoms with Crippen LogP contribution in [0.15, 0.2) is 66.4 Å². The molecule has 0 fully saturated rings. The lowest BCUT2D eigenvalue weighted by molar-refractivity contribution is -0.137. The summed E-state index contributed by atoms with van der Waals surface area (Å²) in [6.45, 7) is 8.27. The van der Waals surface area contributed by atoms with E-state index in [-0.39, 0.29) is 18.4 Å². The van der Waals surface area contributed by atoms with Gasteiger partial charge in [-0.15, -0.1) is 0 Å². The van der Waals surface area contributed by atoms with Crippen molar-refractivity contribution >= 4 is 34.7 Å². The highest BCUT2D eigenvalue weighted by atomic mass is 35.5. The van der Waals surface area contributed by atoms with E-state index in [4.69, 9.17) is 11.6 Å². The Morgan fingerprint density at radius 3 is 2.00 bits per heavy atom. The lowest BCUT2D eigenvalue weighted by Crippen LogP contribution is -2.32. The Balaban J connectivity index is 1.76. The molecule has 0 unspecified atom stereocenters. The van der Waals surface area contributed by atoms with E-state index in [9.17, 15) is 9.59 Å². The fourth-order valence-corrected chi connectivity index (χ4v) is 3.86. The molecule has 3 aromatic carbocycles. The zero-order valence-corrected chi connectivity index (χ0v) is 19.4. The first-order valence-corrected chi connectivity index (χ1v) is 10.9. The topological polar surface area (TPSA) is 49.4 Å². The molecule has 0 saturated heterocycles. The standard InChI is InChI=1S/C27H25ClN2O2/c1-16-5-9-21(13-18(16)3)24-25(29-23-12-6-17(2)19(4)14-23)27(32)30(26(24)31)15-20-7-10-22(28)11-8-20/h5-14,29H,15H2,1-4H3. The van der Waals surface area contributed by atoms with Crippen molar-refractivity contribution in [1.82, 2.24) is 4.90 Å². The minimum absolute atomic E-state index is 0.182. The van der Waals surface area contributed by atoms with E-state index in [0.29, 0.717) is 16.3 Å². The molecular weight excluding hydrogens is 420 g/mol. The van der Waals surface area contributed by atoms with Gasteiger partial charge in [-0.05, 0) is 85.3 Å². The number of benzene rings is 3. The van der Waals surface area contributed by atoms with Crippen LogP contribution in [0.4, 0.5) is 5.69 Å². The highest BCUT2D eigenvalue weighted by molar-refractivity contribution is 6.36. The minimum Gasteiger partial charge on any atom is -0.350 e. The van der Waals surface area contributed by atoms with E-state index in [1.165, 1.54) is 4.90 Å². The maximum atomic E-state index is 13.5. The Morgan fingerprint density at radius 1 is 0.750 bits per heavy atom. The molecule has 0 atom stereocenters. The van der Waals surface area contributed by atoms with Crippen LogP contribution in [0.2, 0.25) is 5.02 Å². The lowest BCUT2D eigenvalue weighted by atomic mass is 9.99. The van der Waals surface area contributed by atoms with E-state index in [2.05, 4.69) is 5.32 Å². The maximum Gasteiger partial charge on any atom is 0.278 e. The molecule has 2 amide bonds. The normalized spacial score (nSPS) is 13.8. The summed E-state index contributed by atoms with van der Waals surface area (Å²) in [5.74, 6) is -0.643. The molecule has 4 nitrogen and oxygen atoms in total. The number of amides is 2. The van der Waals surface area contributed by atoms with Crippen molar-refractivity contribution < 1.29 is 9.59 Å². The van der Waals surface area contributed by atoms with Gasteiger partial charge in [0.25, 0.3) is 11.8 Å². The molecule has 4 rings (SSSR count). The predicted molar refractivity (Wildman–Crippen MR) is 129 cm³/mol. The van der Waals surface area contributed by atoms with Crippen molar-refractivity contribution in [2.24, 2.45) is 0 Å². The van der Waals surface area contributed by atoms with Crippen LogP contribution in [0, 0.1) is 27.7 Å². The van der Waals surface area contributed by atoms with Crippen molar-refractivity contribution in [2.45, 2.75) is 34.2 Å². The van der Waals surface area contributed by atoms with Crippen molar-refractivity contribution in [3.05, 3.63) is 105 Å². The minimum atomic E-state index is -0.337. The van der Waals surface area contributed by atoms with Crippen LogP contribution < -0.4 is 5.32 Å². The molecule has 32 heavy (non-hydrogen) atoms. The van der Waals surface area contributed by atoms with Gasteiger partial charge >= 0.3 is 0 Å². The molecule has 0 aliphatic carbocycles. The Bertz CT molecular complexity index is 1260. The number of hydrogen-bond acceptors (Lipinski definition) is 3. The summed E-state index contributed by atoms with van der Waals surface area (Å²) in [5, 5.41) is 3.85. The monoisotopic (exact) mass is 444 g/mol. The third-order valence-electron chi connectivity index (χ3n) is 5.99. The molecule has 162 valence electrons. The van der Waals surface area contributed by atoms with Gasteiger partial charge in [0.2, 0.25) is 0 Å². The summed E-state index contributed by atoms with van der Waals surface area (Å²) in [7, 11) is 0. The number of imide groups is 1. The Hall–Kier alpha value is -3.37. The third kappa shape index (κ3) is 4.19. The van der Waals surface area contributed by atoms with Gasteiger partial charge in [0.15, 0.2) is 0 Å². The summed E-state index contributed by atoms with van der Waals surface area (Å²) in [4.78, 5) is 28.2. The van der Waals surface area contributed by atoms with Crippen LogP contribution >= 0.6 is 11.6 Å². The highest BCUT2D eigenvalue weighted by Gasteiger charge is 2.39. The first kappa shape index (κ1) is 21.8. The first-order valence-electron chi connectivity index (χ1n) is 10.5. The smallest absolute Gasteiger partial charge is 0.278 e. The molecule has 1 aliphatic heterocycles. The molecule has 0 aromatic heterocycles. The van der Waals surface area contributed by atoms with Crippen LogP contribution in [0.1, 0.15) is 33.4 Å². The van der Waals surface area contributed by atoms with Gasteiger partial charge in [0.05, 0.1) is 12.1 Å². The average molecular weight is 445 g/mol. The summed E-state index contributed by atoms with van der Waals surface area (Å²) in [6.07, 6.45) is 0. The Kier molecular flexibility index (Phi) is 5.90. The Labute approximate surface area is 193 Å². The van der Waals surface area contributed by atoms with Crippen molar-refractivity contribution in [3.63, 3.8) is 0 Å². The lowest BCUT2D eigenvalue weighted by Gasteiger charge is -2.16. The van der Waals surface area contributed by atoms with Crippen molar-refractivity contribution in [3.8, 4) is 0 Å². The number of rotatable bonds is 5.